The van der Waals surface area contributed by atoms with Crippen LogP contribution in [0, 0.1) is 5.82 Å². The predicted octanol–water partition coefficient (Wildman–Crippen LogP) is 3.62. The Balaban J connectivity index is 1.60. The number of aromatic nitrogens is 5. The lowest BCUT2D eigenvalue weighted by molar-refractivity contribution is 0.385. The molecule has 0 unspecified atom stereocenters. The highest BCUT2D eigenvalue weighted by atomic mass is 19.1. The van der Waals surface area contributed by atoms with Crippen LogP contribution in [0.2, 0.25) is 0 Å². The molecule has 0 saturated carbocycles. The van der Waals surface area contributed by atoms with Gasteiger partial charge in [-0.25, -0.2) is 9.07 Å². The molecule has 6 nitrogen and oxygen atoms in total. The van der Waals surface area contributed by atoms with Crippen molar-refractivity contribution in [1.82, 2.24) is 25.1 Å². The third-order valence-electron chi connectivity index (χ3n) is 3.92. The molecule has 0 N–H and O–H groups in total. The molecule has 25 heavy (non-hydrogen) atoms. The quantitative estimate of drug-likeness (QED) is 0.556. The predicted molar refractivity (Wildman–Crippen MR) is 90.3 cm³/mol. The first-order valence-corrected chi connectivity index (χ1v) is 8.13. The maximum atomic E-state index is 13.3. The smallest absolute Gasteiger partial charge is 0.231 e. The molecular formula is C18H16FN5O. The highest BCUT2D eigenvalue weighted by molar-refractivity contribution is 5.79. The molecule has 4 rings (SSSR count). The molecule has 2 aromatic carbocycles. The molecule has 2 aromatic heterocycles. The fourth-order valence-corrected chi connectivity index (χ4v) is 2.75. The van der Waals surface area contributed by atoms with Crippen molar-refractivity contribution in [1.29, 1.82) is 0 Å². The van der Waals surface area contributed by atoms with Crippen LogP contribution in [0.5, 0.6) is 0 Å². The summed E-state index contributed by atoms with van der Waals surface area (Å²) in [4.78, 5) is 4.40. The van der Waals surface area contributed by atoms with Gasteiger partial charge in [0.15, 0.2) is 0 Å². The molecule has 0 aliphatic rings. The summed E-state index contributed by atoms with van der Waals surface area (Å²) in [5.74, 6) is 0.645. The second-order valence-electron chi connectivity index (χ2n) is 5.83. The number of nitrogens with zero attached hydrogens (tertiary/aromatic N) is 5. The summed E-state index contributed by atoms with van der Waals surface area (Å²) >= 11 is 0. The van der Waals surface area contributed by atoms with Crippen LogP contribution in [-0.4, -0.2) is 25.1 Å². The Hall–Kier alpha value is -3.09. The van der Waals surface area contributed by atoms with Crippen molar-refractivity contribution in [2.24, 2.45) is 0 Å². The van der Waals surface area contributed by atoms with E-state index < -0.39 is 0 Å². The van der Waals surface area contributed by atoms with Gasteiger partial charge in [-0.05, 0) is 42.3 Å². The van der Waals surface area contributed by atoms with Gasteiger partial charge in [0.05, 0.1) is 11.9 Å². The topological polar surface area (TPSA) is 69.6 Å². The second-order valence-corrected chi connectivity index (χ2v) is 5.83. The molecule has 2 heterocycles. The average molecular weight is 337 g/mol. The SMILES string of the molecule is CCCn1nnc2cc(-c3noc(Cc4cccc(F)c4)n3)ccc21. The van der Waals surface area contributed by atoms with E-state index in [0.29, 0.717) is 18.1 Å². The van der Waals surface area contributed by atoms with E-state index in [1.807, 2.05) is 28.9 Å². The summed E-state index contributed by atoms with van der Waals surface area (Å²) in [5.41, 5.74) is 3.37. The van der Waals surface area contributed by atoms with Crippen molar-refractivity contribution in [2.75, 3.05) is 0 Å². The zero-order valence-electron chi connectivity index (χ0n) is 13.7. The summed E-state index contributed by atoms with van der Waals surface area (Å²) in [6.07, 6.45) is 1.38. The first-order chi connectivity index (χ1) is 12.2. The molecule has 7 heteroatoms. The number of fused-ring (bicyclic) bond motifs is 1. The first kappa shape index (κ1) is 15.4. The number of halogens is 1. The van der Waals surface area contributed by atoms with E-state index in [4.69, 9.17) is 4.52 Å². The molecule has 0 aliphatic heterocycles. The monoisotopic (exact) mass is 337 g/mol. The van der Waals surface area contributed by atoms with E-state index in [1.165, 1.54) is 12.1 Å². The average Bonchev–Trinajstić information content (AvgIpc) is 3.22. The van der Waals surface area contributed by atoms with Gasteiger partial charge < -0.3 is 4.52 Å². The third kappa shape index (κ3) is 3.13. The first-order valence-electron chi connectivity index (χ1n) is 8.13. The molecule has 0 amide bonds. The van der Waals surface area contributed by atoms with Gasteiger partial charge >= 0.3 is 0 Å². The van der Waals surface area contributed by atoms with Gasteiger partial charge in [-0.3, -0.25) is 0 Å². The Morgan fingerprint density at radius 2 is 2.08 bits per heavy atom. The summed E-state index contributed by atoms with van der Waals surface area (Å²) in [6.45, 7) is 2.93. The van der Waals surface area contributed by atoms with Gasteiger partial charge in [0.2, 0.25) is 11.7 Å². The van der Waals surface area contributed by atoms with Crippen LogP contribution in [0.15, 0.2) is 47.0 Å². The number of hydrogen-bond acceptors (Lipinski definition) is 5. The number of rotatable bonds is 5. The Bertz CT molecular complexity index is 1020. The minimum Gasteiger partial charge on any atom is -0.339 e. The van der Waals surface area contributed by atoms with Crippen molar-refractivity contribution in [3.8, 4) is 11.4 Å². The Labute approximate surface area is 143 Å². The Morgan fingerprint density at radius 3 is 2.92 bits per heavy atom. The van der Waals surface area contributed by atoms with E-state index in [9.17, 15) is 4.39 Å². The summed E-state index contributed by atoms with van der Waals surface area (Å²) in [7, 11) is 0. The minimum absolute atomic E-state index is 0.280. The maximum Gasteiger partial charge on any atom is 0.231 e. The molecule has 0 aliphatic carbocycles. The third-order valence-corrected chi connectivity index (χ3v) is 3.92. The summed E-state index contributed by atoms with van der Waals surface area (Å²) < 4.78 is 20.4. The highest BCUT2D eigenvalue weighted by Gasteiger charge is 2.12. The molecular weight excluding hydrogens is 321 g/mol. The standard InChI is InChI=1S/C18H16FN5O/c1-2-8-24-16-7-6-13(11-15(16)21-23-24)18-20-17(25-22-18)10-12-4-3-5-14(19)9-12/h3-7,9,11H,2,8,10H2,1H3. The molecule has 4 aromatic rings. The van der Waals surface area contributed by atoms with Gasteiger partial charge in [-0.2, -0.15) is 4.98 Å². The minimum atomic E-state index is -0.280. The number of benzene rings is 2. The normalized spacial score (nSPS) is 11.3. The van der Waals surface area contributed by atoms with E-state index in [-0.39, 0.29) is 5.82 Å². The van der Waals surface area contributed by atoms with Crippen LogP contribution in [0.3, 0.4) is 0 Å². The van der Waals surface area contributed by atoms with Crippen LogP contribution in [0.1, 0.15) is 24.8 Å². The van der Waals surface area contributed by atoms with Crippen molar-refractivity contribution < 1.29 is 8.91 Å². The van der Waals surface area contributed by atoms with Gasteiger partial charge in [-0.1, -0.05) is 29.4 Å². The lowest BCUT2D eigenvalue weighted by Gasteiger charge is -1.99. The maximum absolute atomic E-state index is 13.3. The van der Waals surface area contributed by atoms with Crippen molar-refractivity contribution in [3.05, 3.63) is 59.7 Å². The number of aryl methyl sites for hydroxylation is 1. The molecule has 0 atom stereocenters. The van der Waals surface area contributed by atoms with Gasteiger partial charge in [0, 0.05) is 12.1 Å². The molecule has 0 bridgehead atoms. The highest BCUT2D eigenvalue weighted by Crippen LogP contribution is 2.22. The van der Waals surface area contributed by atoms with E-state index in [1.54, 1.807) is 6.07 Å². The zero-order chi connectivity index (χ0) is 17.2. The number of hydrogen-bond donors (Lipinski definition) is 0. The lowest BCUT2D eigenvalue weighted by Crippen LogP contribution is -1.98. The van der Waals surface area contributed by atoms with Crippen molar-refractivity contribution >= 4 is 11.0 Å². The molecule has 0 radical (unpaired) electrons. The van der Waals surface area contributed by atoms with Gasteiger partial charge in [-0.15, -0.1) is 5.10 Å². The summed E-state index contributed by atoms with van der Waals surface area (Å²) in [6, 6.07) is 12.1. The largest absolute Gasteiger partial charge is 0.339 e. The molecule has 0 fully saturated rings. The molecule has 126 valence electrons. The van der Waals surface area contributed by atoms with Crippen LogP contribution in [0.25, 0.3) is 22.4 Å². The van der Waals surface area contributed by atoms with Gasteiger partial charge in [0.1, 0.15) is 11.3 Å². The van der Waals surface area contributed by atoms with Crippen molar-refractivity contribution in [2.45, 2.75) is 26.3 Å². The fraction of sp³-hybridized carbons (Fsp3) is 0.222. The van der Waals surface area contributed by atoms with Crippen LogP contribution in [-0.2, 0) is 13.0 Å². The van der Waals surface area contributed by atoms with Crippen molar-refractivity contribution in [3.63, 3.8) is 0 Å². The van der Waals surface area contributed by atoms with Crippen LogP contribution < -0.4 is 0 Å². The van der Waals surface area contributed by atoms with E-state index in [0.717, 1.165) is 35.1 Å². The Kier molecular flexibility index (Phi) is 3.97. The molecule has 0 spiro atoms. The lowest BCUT2D eigenvalue weighted by atomic mass is 10.1. The molecule has 0 saturated heterocycles. The zero-order valence-corrected chi connectivity index (χ0v) is 13.7. The fourth-order valence-electron chi connectivity index (χ4n) is 2.75. The van der Waals surface area contributed by atoms with E-state index >= 15 is 0 Å². The second kappa shape index (κ2) is 6.43. The van der Waals surface area contributed by atoms with Crippen LogP contribution >= 0.6 is 0 Å². The summed E-state index contributed by atoms with van der Waals surface area (Å²) in [5, 5.41) is 12.4. The van der Waals surface area contributed by atoms with E-state index in [2.05, 4.69) is 27.4 Å². The Morgan fingerprint density at radius 1 is 1.16 bits per heavy atom. The van der Waals surface area contributed by atoms with Crippen LogP contribution in [0.4, 0.5) is 4.39 Å². The van der Waals surface area contributed by atoms with Gasteiger partial charge in [0.25, 0.3) is 0 Å².